The molecule has 1 heterocycles. The Morgan fingerprint density at radius 2 is 2.00 bits per heavy atom. The monoisotopic (exact) mass is 361 g/mol. The molecule has 1 amide bonds. The number of piperidine rings is 1. The summed E-state index contributed by atoms with van der Waals surface area (Å²) in [6.45, 7) is 5.18. The summed E-state index contributed by atoms with van der Waals surface area (Å²) >= 11 is 5.84. The van der Waals surface area contributed by atoms with Crippen LogP contribution in [0, 0.1) is 0 Å². The van der Waals surface area contributed by atoms with Crippen molar-refractivity contribution in [3.63, 3.8) is 0 Å². The van der Waals surface area contributed by atoms with Crippen LogP contribution in [0.25, 0.3) is 0 Å². The first-order valence-electron chi connectivity index (χ1n) is 7.71. The Morgan fingerprint density at radius 3 is 2.57 bits per heavy atom. The SMILES string of the molecule is CC(N)C(=O)NC1CCN(CCOc2ccc(Cl)cc2)CC1.Cl. The Morgan fingerprint density at radius 1 is 1.39 bits per heavy atom. The molecule has 1 aliphatic heterocycles. The highest BCUT2D eigenvalue weighted by Gasteiger charge is 2.21. The summed E-state index contributed by atoms with van der Waals surface area (Å²) in [5.41, 5.74) is 5.56. The molecule has 0 aliphatic carbocycles. The highest BCUT2D eigenvalue weighted by molar-refractivity contribution is 6.30. The zero-order valence-corrected chi connectivity index (χ0v) is 14.9. The van der Waals surface area contributed by atoms with Gasteiger partial charge in [0.15, 0.2) is 0 Å². The highest BCUT2D eigenvalue weighted by Crippen LogP contribution is 2.16. The Kier molecular flexibility index (Phi) is 8.69. The molecule has 1 aromatic rings. The molecule has 130 valence electrons. The molecule has 1 unspecified atom stereocenters. The molecule has 5 nitrogen and oxygen atoms in total. The van der Waals surface area contributed by atoms with Crippen LogP contribution >= 0.6 is 24.0 Å². The fourth-order valence-corrected chi connectivity index (χ4v) is 2.58. The first-order chi connectivity index (χ1) is 10.5. The third-order valence-corrected chi connectivity index (χ3v) is 4.09. The molecule has 23 heavy (non-hydrogen) atoms. The van der Waals surface area contributed by atoms with Gasteiger partial charge in [0.2, 0.25) is 5.91 Å². The number of likely N-dealkylation sites (tertiary alicyclic amines) is 1. The number of carbonyl (C=O) groups is 1. The highest BCUT2D eigenvalue weighted by atomic mass is 35.5. The van der Waals surface area contributed by atoms with E-state index in [4.69, 9.17) is 22.1 Å². The van der Waals surface area contributed by atoms with Crippen molar-refractivity contribution < 1.29 is 9.53 Å². The average Bonchev–Trinajstić information content (AvgIpc) is 2.51. The van der Waals surface area contributed by atoms with Gasteiger partial charge in [0.25, 0.3) is 0 Å². The molecular weight excluding hydrogens is 337 g/mol. The molecule has 1 atom stereocenters. The second-order valence-electron chi connectivity index (χ2n) is 5.72. The van der Waals surface area contributed by atoms with Crippen molar-refractivity contribution in [1.29, 1.82) is 0 Å². The second-order valence-corrected chi connectivity index (χ2v) is 6.15. The molecule has 2 rings (SSSR count). The number of nitrogens with zero attached hydrogens (tertiary/aromatic N) is 1. The van der Waals surface area contributed by atoms with Crippen LogP contribution in [-0.2, 0) is 4.79 Å². The van der Waals surface area contributed by atoms with E-state index >= 15 is 0 Å². The Labute approximate surface area is 148 Å². The predicted molar refractivity (Wildman–Crippen MR) is 95.4 cm³/mol. The zero-order valence-electron chi connectivity index (χ0n) is 13.3. The lowest BCUT2D eigenvalue weighted by atomic mass is 10.0. The van der Waals surface area contributed by atoms with Gasteiger partial charge in [0.1, 0.15) is 12.4 Å². The molecule has 7 heteroatoms. The molecule has 0 radical (unpaired) electrons. The molecule has 0 aromatic heterocycles. The Balaban J connectivity index is 0.00000264. The number of nitrogens with one attached hydrogen (secondary N) is 1. The van der Waals surface area contributed by atoms with Crippen molar-refractivity contribution in [2.75, 3.05) is 26.2 Å². The number of hydrogen-bond donors (Lipinski definition) is 2. The fraction of sp³-hybridized carbons (Fsp3) is 0.562. The molecule has 0 spiro atoms. The second kappa shape index (κ2) is 9.98. The molecule has 0 saturated carbocycles. The van der Waals surface area contributed by atoms with Gasteiger partial charge in [0, 0.05) is 30.7 Å². The molecule has 1 aliphatic rings. The van der Waals surface area contributed by atoms with Gasteiger partial charge in [-0.05, 0) is 44.0 Å². The van der Waals surface area contributed by atoms with Crippen molar-refractivity contribution in [2.45, 2.75) is 31.8 Å². The minimum Gasteiger partial charge on any atom is -0.492 e. The summed E-state index contributed by atoms with van der Waals surface area (Å²) in [6.07, 6.45) is 1.92. The van der Waals surface area contributed by atoms with Crippen LogP contribution in [0.15, 0.2) is 24.3 Å². The van der Waals surface area contributed by atoms with E-state index in [0.717, 1.165) is 38.2 Å². The summed E-state index contributed by atoms with van der Waals surface area (Å²) in [5.74, 6) is 0.771. The van der Waals surface area contributed by atoms with Crippen molar-refractivity contribution in [2.24, 2.45) is 5.73 Å². The molecule has 3 N–H and O–H groups in total. The van der Waals surface area contributed by atoms with E-state index in [1.54, 1.807) is 6.92 Å². The maximum Gasteiger partial charge on any atom is 0.236 e. The van der Waals surface area contributed by atoms with Crippen LogP contribution in [0.5, 0.6) is 5.75 Å². The number of nitrogens with two attached hydrogens (primary N) is 1. The lowest BCUT2D eigenvalue weighted by molar-refractivity contribution is -0.123. The van der Waals surface area contributed by atoms with Gasteiger partial charge >= 0.3 is 0 Å². The quantitative estimate of drug-likeness (QED) is 0.813. The maximum absolute atomic E-state index is 11.6. The summed E-state index contributed by atoms with van der Waals surface area (Å²) in [6, 6.07) is 7.20. The maximum atomic E-state index is 11.6. The van der Waals surface area contributed by atoms with Crippen molar-refractivity contribution >= 4 is 29.9 Å². The van der Waals surface area contributed by atoms with E-state index in [-0.39, 0.29) is 24.4 Å². The van der Waals surface area contributed by atoms with E-state index in [9.17, 15) is 4.79 Å². The Hall–Kier alpha value is -1.01. The van der Waals surface area contributed by atoms with E-state index < -0.39 is 6.04 Å². The molecule has 1 fully saturated rings. The first-order valence-corrected chi connectivity index (χ1v) is 8.09. The summed E-state index contributed by atoms with van der Waals surface area (Å²) < 4.78 is 5.70. The van der Waals surface area contributed by atoms with Gasteiger partial charge in [-0.2, -0.15) is 0 Å². The number of rotatable bonds is 6. The van der Waals surface area contributed by atoms with Gasteiger partial charge in [-0.1, -0.05) is 11.6 Å². The molecular formula is C16H25Cl2N3O2. The smallest absolute Gasteiger partial charge is 0.236 e. The average molecular weight is 362 g/mol. The van der Waals surface area contributed by atoms with E-state index in [0.29, 0.717) is 11.6 Å². The van der Waals surface area contributed by atoms with Crippen molar-refractivity contribution in [3.8, 4) is 5.75 Å². The van der Waals surface area contributed by atoms with Crippen LogP contribution < -0.4 is 15.8 Å². The largest absolute Gasteiger partial charge is 0.492 e. The summed E-state index contributed by atoms with van der Waals surface area (Å²) in [5, 5.41) is 3.70. The minimum atomic E-state index is -0.439. The van der Waals surface area contributed by atoms with Crippen LogP contribution in [-0.4, -0.2) is 49.1 Å². The lowest BCUT2D eigenvalue weighted by Gasteiger charge is -2.32. The molecule has 0 bridgehead atoms. The standard InChI is InChI=1S/C16H24ClN3O2.ClH/c1-12(18)16(21)19-14-6-8-20(9-7-14)10-11-22-15-4-2-13(17)3-5-15;/h2-5,12,14H,6-11,18H2,1H3,(H,19,21);1H. The topological polar surface area (TPSA) is 67.6 Å². The predicted octanol–water partition coefficient (Wildman–Crippen LogP) is 2.07. The lowest BCUT2D eigenvalue weighted by Crippen LogP contribution is -2.49. The normalized spacial score (nSPS) is 17.2. The van der Waals surface area contributed by atoms with Crippen molar-refractivity contribution in [3.05, 3.63) is 29.3 Å². The van der Waals surface area contributed by atoms with Crippen molar-refractivity contribution in [1.82, 2.24) is 10.2 Å². The minimum absolute atomic E-state index is 0. The van der Waals surface area contributed by atoms with E-state index in [2.05, 4.69) is 10.2 Å². The van der Waals surface area contributed by atoms with Crippen LogP contribution in [0.3, 0.4) is 0 Å². The number of hydrogen-bond acceptors (Lipinski definition) is 4. The number of ether oxygens (including phenoxy) is 1. The third-order valence-electron chi connectivity index (χ3n) is 3.84. The van der Waals surface area contributed by atoms with Crippen LogP contribution in [0.2, 0.25) is 5.02 Å². The molecule has 1 saturated heterocycles. The van der Waals surface area contributed by atoms with Gasteiger partial charge in [-0.15, -0.1) is 12.4 Å². The van der Waals surface area contributed by atoms with Crippen LogP contribution in [0.4, 0.5) is 0 Å². The van der Waals surface area contributed by atoms with Gasteiger partial charge in [0.05, 0.1) is 6.04 Å². The number of amides is 1. The number of carbonyl (C=O) groups excluding carboxylic acids is 1. The molecule has 1 aromatic carbocycles. The van der Waals surface area contributed by atoms with Gasteiger partial charge in [-0.3, -0.25) is 9.69 Å². The number of benzene rings is 1. The van der Waals surface area contributed by atoms with Gasteiger partial charge < -0.3 is 15.8 Å². The summed E-state index contributed by atoms with van der Waals surface area (Å²) in [4.78, 5) is 13.9. The first kappa shape index (κ1) is 20.0. The van der Waals surface area contributed by atoms with E-state index in [1.165, 1.54) is 0 Å². The number of halogens is 2. The zero-order chi connectivity index (χ0) is 15.9. The van der Waals surface area contributed by atoms with Crippen LogP contribution in [0.1, 0.15) is 19.8 Å². The Bertz CT molecular complexity index is 475. The van der Waals surface area contributed by atoms with E-state index in [1.807, 2.05) is 24.3 Å². The van der Waals surface area contributed by atoms with Gasteiger partial charge in [-0.25, -0.2) is 0 Å². The third kappa shape index (κ3) is 6.96. The summed E-state index contributed by atoms with van der Waals surface area (Å²) in [7, 11) is 0. The fourth-order valence-electron chi connectivity index (χ4n) is 2.46.